The summed E-state index contributed by atoms with van der Waals surface area (Å²) < 4.78 is 1.15. The highest BCUT2D eigenvalue weighted by molar-refractivity contribution is 9.10. The summed E-state index contributed by atoms with van der Waals surface area (Å²) in [7, 11) is 0. The van der Waals surface area contributed by atoms with Crippen LogP contribution in [0.4, 0.5) is 5.69 Å². The van der Waals surface area contributed by atoms with E-state index < -0.39 is 0 Å². The lowest BCUT2D eigenvalue weighted by Crippen LogP contribution is -2.55. The largest absolute Gasteiger partial charge is 0.364 e. The predicted molar refractivity (Wildman–Crippen MR) is 85.0 cm³/mol. The standard InChI is InChI=1S/C15H20BrClN2/c1-9-5-13(16)15(8-14(9)17)19-11-3-2-4-12(19)7-10(18)6-11/h5,8,10-12H,2-4,6-7,18H2,1H3. The Kier molecular flexibility index (Phi) is 3.80. The van der Waals surface area contributed by atoms with Crippen LogP contribution in [0.5, 0.6) is 0 Å². The van der Waals surface area contributed by atoms with Gasteiger partial charge in [-0.15, -0.1) is 0 Å². The molecule has 104 valence electrons. The van der Waals surface area contributed by atoms with Crippen molar-refractivity contribution < 1.29 is 0 Å². The Morgan fingerprint density at radius 2 is 1.89 bits per heavy atom. The molecule has 0 saturated carbocycles. The van der Waals surface area contributed by atoms with Crippen molar-refractivity contribution in [2.24, 2.45) is 5.73 Å². The zero-order valence-corrected chi connectivity index (χ0v) is 13.5. The minimum absolute atomic E-state index is 0.367. The number of hydrogen-bond acceptors (Lipinski definition) is 2. The van der Waals surface area contributed by atoms with Crippen LogP contribution in [0.15, 0.2) is 16.6 Å². The van der Waals surface area contributed by atoms with Crippen molar-refractivity contribution in [1.82, 2.24) is 0 Å². The van der Waals surface area contributed by atoms with E-state index in [4.69, 9.17) is 17.3 Å². The maximum Gasteiger partial charge on any atom is 0.0530 e. The number of anilines is 1. The van der Waals surface area contributed by atoms with Gasteiger partial charge in [-0.1, -0.05) is 11.6 Å². The summed E-state index contributed by atoms with van der Waals surface area (Å²) in [5.41, 5.74) is 8.56. The van der Waals surface area contributed by atoms with Crippen molar-refractivity contribution in [3.05, 3.63) is 27.2 Å². The van der Waals surface area contributed by atoms with Gasteiger partial charge in [0.05, 0.1) is 5.69 Å². The molecule has 0 amide bonds. The minimum Gasteiger partial charge on any atom is -0.364 e. The average Bonchev–Trinajstić information content (AvgIpc) is 2.33. The molecular weight excluding hydrogens is 324 g/mol. The van der Waals surface area contributed by atoms with Crippen LogP contribution >= 0.6 is 27.5 Å². The lowest BCUT2D eigenvalue weighted by molar-refractivity contribution is 0.271. The zero-order valence-electron chi connectivity index (χ0n) is 11.2. The molecule has 2 nitrogen and oxygen atoms in total. The maximum atomic E-state index is 6.32. The van der Waals surface area contributed by atoms with E-state index in [-0.39, 0.29) is 0 Å². The summed E-state index contributed by atoms with van der Waals surface area (Å²) in [6, 6.07) is 5.77. The maximum absolute atomic E-state index is 6.32. The molecule has 2 N–H and O–H groups in total. The van der Waals surface area contributed by atoms with Crippen LogP contribution in [-0.2, 0) is 0 Å². The molecule has 2 aliphatic rings. The van der Waals surface area contributed by atoms with Gasteiger partial charge in [-0.2, -0.15) is 0 Å². The topological polar surface area (TPSA) is 29.3 Å². The van der Waals surface area contributed by atoms with Gasteiger partial charge in [0.1, 0.15) is 0 Å². The van der Waals surface area contributed by atoms with Gasteiger partial charge in [-0.25, -0.2) is 0 Å². The van der Waals surface area contributed by atoms with Gasteiger partial charge in [0.15, 0.2) is 0 Å². The molecule has 0 spiro atoms. The second-order valence-corrected chi connectivity index (χ2v) is 7.19. The second-order valence-electron chi connectivity index (χ2n) is 5.93. The predicted octanol–water partition coefficient (Wildman–Crippen LogP) is 4.26. The van der Waals surface area contributed by atoms with Crippen molar-refractivity contribution in [3.63, 3.8) is 0 Å². The summed E-state index contributed by atoms with van der Waals surface area (Å²) >= 11 is 10.0. The van der Waals surface area contributed by atoms with Gasteiger partial charge < -0.3 is 10.6 Å². The monoisotopic (exact) mass is 342 g/mol. The van der Waals surface area contributed by atoms with Crippen molar-refractivity contribution in [3.8, 4) is 0 Å². The molecule has 2 saturated heterocycles. The van der Waals surface area contributed by atoms with E-state index in [1.807, 2.05) is 6.92 Å². The van der Waals surface area contributed by atoms with E-state index in [0.29, 0.717) is 18.1 Å². The number of benzene rings is 1. The Hall–Kier alpha value is -0.250. The summed E-state index contributed by atoms with van der Waals surface area (Å²) in [5.74, 6) is 0. The first-order valence-electron chi connectivity index (χ1n) is 7.06. The van der Waals surface area contributed by atoms with Crippen LogP contribution in [0.1, 0.15) is 37.7 Å². The number of piperidine rings is 2. The molecule has 2 fully saturated rings. The van der Waals surface area contributed by atoms with Crippen molar-refractivity contribution in [2.45, 2.75) is 57.2 Å². The van der Waals surface area contributed by atoms with Gasteiger partial charge in [0, 0.05) is 27.6 Å². The molecule has 1 aromatic rings. The van der Waals surface area contributed by atoms with Gasteiger partial charge in [0.2, 0.25) is 0 Å². The molecule has 3 rings (SSSR count). The summed E-state index contributed by atoms with van der Waals surface area (Å²) in [4.78, 5) is 2.57. The van der Waals surface area contributed by atoms with E-state index in [1.54, 1.807) is 0 Å². The molecule has 0 aliphatic carbocycles. The Morgan fingerprint density at radius 1 is 1.26 bits per heavy atom. The highest BCUT2D eigenvalue weighted by Gasteiger charge is 2.37. The fourth-order valence-corrected chi connectivity index (χ4v) is 4.47. The van der Waals surface area contributed by atoms with Gasteiger partial charge in [0.25, 0.3) is 0 Å². The Bertz CT molecular complexity index is 477. The van der Waals surface area contributed by atoms with Crippen LogP contribution in [0.3, 0.4) is 0 Å². The molecule has 2 heterocycles. The molecule has 2 atom stereocenters. The Balaban J connectivity index is 1.99. The number of hydrogen-bond donors (Lipinski definition) is 1. The quantitative estimate of drug-likeness (QED) is 0.825. The minimum atomic E-state index is 0.367. The lowest BCUT2D eigenvalue weighted by Gasteiger charge is -2.50. The van der Waals surface area contributed by atoms with E-state index >= 15 is 0 Å². The molecule has 2 bridgehead atoms. The number of aryl methyl sites for hydroxylation is 1. The third kappa shape index (κ3) is 2.53. The van der Waals surface area contributed by atoms with Crippen molar-refractivity contribution in [1.29, 1.82) is 0 Å². The number of fused-ring (bicyclic) bond motifs is 2. The van der Waals surface area contributed by atoms with Crippen molar-refractivity contribution >= 4 is 33.2 Å². The number of nitrogens with zero attached hydrogens (tertiary/aromatic N) is 1. The molecule has 2 unspecified atom stereocenters. The first-order valence-corrected chi connectivity index (χ1v) is 8.23. The van der Waals surface area contributed by atoms with E-state index in [9.17, 15) is 0 Å². The summed E-state index contributed by atoms with van der Waals surface area (Å²) in [6.07, 6.45) is 6.04. The molecule has 1 aromatic carbocycles. The van der Waals surface area contributed by atoms with Crippen LogP contribution in [0.2, 0.25) is 5.02 Å². The van der Waals surface area contributed by atoms with Crippen molar-refractivity contribution in [2.75, 3.05) is 4.90 Å². The van der Waals surface area contributed by atoms with Gasteiger partial charge >= 0.3 is 0 Å². The molecule has 0 aromatic heterocycles. The zero-order chi connectivity index (χ0) is 13.6. The lowest BCUT2D eigenvalue weighted by atomic mass is 9.81. The van der Waals surface area contributed by atoms with Gasteiger partial charge in [-0.3, -0.25) is 0 Å². The number of rotatable bonds is 1. The Labute approximate surface area is 128 Å². The van der Waals surface area contributed by atoms with E-state index in [0.717, 1.165) is 27.9 Å². The van der Waals surface area contributed by atoms with Crippen LogP contribution < -0.4 is 10.6 Å². The normalized spacial score (nSPS) is 30.5. The van der Waals surface area contributed by atoms with E-state index in [2.05, 4.69) is 33.0 Å². The molecule has 2 aliphatic heterocycles. The third-order valence-electron chi connectivity index (χ3n) is 4.52. The summed E-state index contributed by atoms with van der Waals surface area (Å²) in [5, 5.41) is 0.853. The van der Waals surface area contributed by atoms with Gasteiger partial charge in [-0.05, 0) is 72.7 Å². The smallest absolute Gasteiger partial charge is 0.0530 e. The SMILES string of the molecule is Cc1cc(Br)c(N2C3CCCC2CC(N)C3)cc1Cl. The highest BCUT2D eigenvalue weighted by Crippen LogP contribution is 2.41. The fourth-order valence-electron chi connectivity index (χ4n) is 3.65. The summed E-state index contributed by atoms with van der Waals surface area (Å²) in [6.45, 7) is 2.05. The number of halogens is 2. The fraction of sp³-hybridized carbons (Fsp3) is 0.600. The van der Waals surface area contributed by atoms with Crippen LogP contribution in [-0.4, -0.2) is 18.1 Å². The molecule has 19 heavy (non-hydrogen) atoms. The molecular formula is C15H20BrClN2. The molecule has 0 radical (unpaired) electrons. The second kappa shape index (κ2) is 5.27. The Morgan fingerprint density at radius 3 is 2.53 bits per heavy atom. The number of nitrogens with two attached hydrogens (primary N) is 1. The molecule has 4 heteroatoms. The van der Waals surface area contributed by atoms with Crippen LogP contribution in [0.25, 0.3) is 0 Å². The average molecular weight is 344 g/mol. The van der Waals surface area contributed by atoms with E-state index in [1.165, 1.54) is 24.9 Å². The first kappa shape index (κ1) is 13.7. The highest BCUT2D eigenvalue weighted by atomic mass is 79.9. The van der Waals surface area contributed by atoms with Crippen LogP contribution in [0, 0.1) is 6.92 Å². The first-order chi connectivity index (χ1) is 9.06. The third-order valence-corrected chi connectivity index (χ3v) is 5.56.